The van der Waals surface area contributed by atoms with Crippen LogP contribution in [0.2, 0.25) is 0 Å². The van der Waals surface area contributed by atoms with E-state index in [1.807, 2.05) is 53.3 Å². The largest absolute Gasteiger partial charge is 0.393 e. The number of piperidine rings is 1. The van der Waals surface area contributed by atoms with Crippen LogP contribution in [-0.2, 0) is 6.54 Å². The van der Waals surface area contributed by atoms with E-state index in [-0.39, 0.29) is 11.9 Å². The molecule has 6 rings (SSSR count). The topological polar surface area (TPSA) is 41.3 Å². The zero-order valence-corrected chi connectivity index (χ0v) is 19.0. The summed E-state index contributed by atoms with van der Waals surface area (Å²) < 4.78 is 16.9. The van der Waals surface area contributed by atoms with Gasteiger partial charge in [-0.05, 0) is 61.1 Å². The minimum atomic E-state index is -0.247. The first kappa shape index (κ1) is 21.3. The van der Waals surface area contributed by atoms with Crippen LogP contribution < -0.4 is 0 Å². The molecule has 0 amide bonds. The first-order valence-corrected chi connectivity index (χ1v) is 12.1. The fourth-order valence-electron chi connectivity index (χ4n) is 5.76. The average Bonchev–Trinajstić information content (AvgIpc) is 3.38. The predicted molar refractivity (Wildman–Crippen MR) is 132 cm³/mol. The lowest BCUT2D eigenvalue weighted by Gasteiger charge is -2.37. The van der Waals surface area contributed by atoms with Crippen molar-refractivity contribution >= 4 is 0 Å². The summed E-state index contributed by atoms with van der Waals surface area (Å²) in [5.74, 6) is -0.247. The second kappa shape index (κ2) is 8.82. The Morgan fingerprint density at radius 1 is 0.824 bits per heavy atom. The Morgan fingerprint density at radius 2 is 1.47 bits per heavy atom. The van der Waals surface area contributed by atoms with Crippen molar-refractivity contribution in [3.63, 3.8) is 0 Å². The summed E-state index contributed by atoms with van der Waals surface area (Å²) in [4.78, 5) is 2.50. The lowest BCUT2D eigenvalue weighted by molar-refractivity contribution is 0.0311. The van der Waals surface area contributed by atoms with Crippen LogP contribution >= 0.6 is 0 Å². The molecule has 5 heteroatoms. The SMILES string of the molecule is OC1CC2CCC(C1)N2Cc1cnn(-c2ccc(-c3ccccc3)cc2)c1-c1ccccc1F. The molecule has 0 radical (unpaired) electrons. The molecule has 3 heterocycles. The lowest BCUT2D eigenvalue weighted by Crippen LogP contribution is -2.44. The molecule has 4 aromatic rings. The van der Waals surface area contributed by atoms with Gasteiger partial charge in [0, 0.05) is 29.8 Å². The maximum atomic E-state index is 15.0. The Balaban J connectivity index is 1.39. The summed E-state index contributed by atoms with van der Waals surface area (Å²) >= 11 is 0. The Hall–Kier alpha value is -3.28. The molecule has 34 heavy (non-hydrogen) atoms. The van der Waals surface area contributed by atoms with Crippen LogP contribution in [0.4, 0.5) is 4.39 Å². The highest BCUT2D eigenvalue weighted by molar-refractivity contribution is 5.68. The van der Waals surface area contributed by atoms with Gasteiger partial charge in [-0.25, -0.2) is 9.07 Å². The summed E-state index contributed by atoms with van der Waals surface area (Å²) in [6.45, 7) is 0.716. The zero-order valence-electron chi connectivity index (χ0n) is 19.0. The number of fused-ring (bicyclic) bond motifs is 2. The van der Waals surface area contributed by atoms with Gasteiger partial charge in [-0.3, -0.25) is 4.90 Å². The van der Waals surface area contributed by atoms with Gasteiger partial charge in [-0.2, -0.15) is 5.10 Å². The van der Waals surface area contributed by atoms with Crippen molar-refractivity contribution in [1.29, 1.82) is 0 Å². The van der Waals surface area contributed by atoms with E-state index in [4.69, 9.17) is 5.10 Å². The monoisotopic (exact) mass is 453 g/mol. The van der Waals surface area contributed by atoms with Crippen molar-refractivity contribution in [2.45, 2.75) is 50.4 Å². The molecule has 2 aliphatic heterocycles. The van der Waals surface area contributed by atoms with Crippen molar-refractivity contribution in [3.05, 3.63) is 96.4 Å². The molecule has 4 nitrogen and oxygen atoms in total. The number of halogens is 1. The van der Waals surface area contributed by atoms with Gasteiger partial charge in [0.2, 0.25) is 0 Å². The van der Waals surface area contributed by atoms with Crippen LogP contribution in [0.15, 0.2) is 85.1 Å². The first-order chi connectivity index (χ1) is 16.7. The Kier molecular flexibility index (Phi) is 5.52. The first-order valence-electron chi connectivity index (χ1n) is 12.1. The van der Waals surface area contributed by atoms with E-state index in [0.717, 1.165) is 53.8 Å². The van der Waals surface area contributed by atoms with E-state index in [9.17, 15) is 5.11 Å². The number of aliphatic hydroxyl groups excluding tert-OH is 1. The van der Waals surface area contributed by atoms with Gasteiger partial charge >= 0.3 is 0 Å². The second-order valence-corrected chi connectivity index (χ2v) is 9.51. The number of aromatic nitrogens is 2. The number of aliphatic hydroxyl groups is 1. The third kappa shape index (κ3) is 3.85. The highest BCUT2D eigenvalue weighted by Crippen LogP contribution is 2.39. The quantitative estimate of drug-likeness (QED) is 0.413. The molecular weight excluding hydrogens is 425 g/mol. The smallest absolute Gasteiger partial charge is 0.132 e. The highest BCUT2D eigenvalue weighted by atomic mass is 19.1. The molecule has 3 aromatic carbocycles. The van der Waals surface area contributed by atoms with E-state index in [0.29, 0.717) is 24.2 Å². The Morgan fingerprint density at radius 3 is 2.18 bits per heavy atom. The third-order valence-corrected chi connectivity index (χ3v) is 7.41. The fourth-order valence-corrected chi connectivity index (χ4v) is 5.76. The number of hydrogen-bond donors (Lipinski definition) is 1. The summed E-state index contributed by atoms with van der Waals surface area (Å²) in [6.07, 6.45) is 5.56. The predicted octanol–water partition coefficient (Wildman–Crippen LogP) is 5.83. The highest BCUT2D eigenvalue weighted by Gasteiger charge is 2.40. The summed E-state index contributed by atoms with van der Waals surface area (Å²) in [7, 11) is 0. The molecule has 1 aromatic heterocycles. The van der Waals surface area contributed by atoms with Crippen LogP contribution in [0, 0.1) is 5.82 Å². The summed E-state index contributed by atoms with van der Waals surface area (Å²) in [5, 5.41) is 14.9. The molecule has 2 atom stereocenters. The van der Waals surface area contributed by atoms with Crippen molar-refractivity contribution in [1.82, 2.24) is 14.7 Å². The van der Waals surface area contributed by atoms with Gasteiger partial charge in [-0.1, -0.05) is 54.6 Å². The molecule has 1 N–H and O–H groups in total. The van der Waals surface area contributed by atoms with Gasteiger partial charge in [0.1, 0.15) is 5.82 Å². The van der Waals surface area contributed by atoms with Crippen LogP contribution in [0.5, 0.6) is 0 Å². The van der Waals surface area contributed by atoms with Gasteiger partial charge in [0.05, 0.1) is 23.7 Å². The molecule has 2 saturated heterocycles. The lowest BCUT2D eigenvalue weighted by atomic mass is 9.98. The molecule has 2 aliphatic rings. The normalized spacial score (nSPS) is 22.2. The van der Waals surface area contributed by atoms with Crippen molar-refractivity contribution in [2.24, 2.45) is 0 Å². The van der Waals surface area contributed by atoms with Crippen LogP contribution in [-0.4, -0.2) is 38.0 Å². The van der Waals surface area contributed by atoms with Gasteiger partial charge < -0.3 is 5.11 Å². The maximum absolute atomic E-state index is 15.0. The third-order valence-electron chi connectivity index (χ3n) is 7.41. The Bertz CT molecular complexity index is 1270. The Labute approximate surface area is 199 Å². The summed E-state index contributed by atoms with van der Waals surface area (Å²) in [6, 6.07) is 26.2. The average molecular weight is 454 g/mol. The van der Waals surface area contributed by atoms with Crippen LogP contribution in [0.1, 0.15) is 31.2 Å². The molecule has 2 fully saturated rings. The number of benzene rings is 3. The molecule has 2 bridgehead atoms. The molecule has 2 unspecified atom stereocenters. The minimum absolute atomic E-state index is 0.203. The van der Waals surface area contributed by atoms with Crippen LogP contribution in [0.3, 0.4) is 0 Å². The fraction of sp³-hybridized carbons (Fsp3) is 0.276. The number of rotatable bonds is 5. The van der Waals surface area contributed by atoms with Gasteiger partial charge in [-0.15, -0.1) is 0 Å². The van der Waals surface area contributed by atoms with E-state index in [2.05, 4.69) is 29.2 Å². The molecule has 172 valence electrons. The minimum Gasteiger partial charge on any atom is -0.393 e. The van der Waals surface area contributed by atoms with E-state index in [1.54, 1.807) is 6.07 Å². The maximum Gasteiger partial charge on any atom is 0.132 e. The van der Waals surface area contributed by atoms with E-state index < -0.39 is 0 Å². The van der Waals surface area contributed by atoms with E-state index >= 15 is 4.39 Å². The van der Waals surface area contributed by atoms with E-state index in [1.165, 1.54) is 6.07 Å². The van der Waals surface area contributed by atoms with Crippen molar-refractivity contribution < 1.29 is 9.50 Å². The number of hydrogen-bond acceptors (Lipinski definition) is 3. The van der Waals surface area contributed by atoms with Gasteiger partial charge in [0.15, 0.2) is 0 Å². The van der Waals surface area contributed by atoms with Crippen molar-refractivity contribution in [2.75, 3.05) is 0 Å². The van der Waals surface area contributed by atoms with Crippen LogP contribution in [0.25, 0.3) is 28.1 Å². The zero-order chi connectivity index (χ0) is 23.1. The molecule has 0 saturated carbocycles. The molecule has 0 aliphatic carbocycles. The molecule has 0 spiro atoms. The second-order valence-electron chi connectivity index (χ2n) is 9.51. The number of nitrogens with zero attached hydrogens (tertiary/aromatic N) is 3. The molecular formula is C29H28FN3O. The standard InChI is InChI=1S/C29H28FN3O/c30-28-9-5-4-8-27(28)29-22(19-32-24-14-15-25(32)17-26(34)16-24)18-31-33(29)23-12-10-21(11-13-23)20-6-2-1-3-7-20/h1-13,18,24-26,34H,14-17,19H2. The summed E-state index contributed by atoms with van der Waals surface area (Å²) in [5.41, 5.74) is 5.58. The van der Waals surface area contributed by atoms with Crippen molar-refractivity contribution in [3.8, 4) is 28.1 Å². The van der Waals surface area contributed by atoms with Gasteiger partial charge in [0.25, 0.3) is 0 Å².